The highest BCUT2D eigenvalue weighted by molar-refractivity contribution is 5.96. The minimum absolute atomic E-state index is 0.223. The molecule has 0 saturated carbocycles. The molecule has 0 fully saturated rings. The van der Waals surface area contributed by atoms with Gasteiger partial charge in [-0.05, 0) is 31.0 Å². The SMILES string of the molecule is CCCOc1nc(C)ccc1C(=O)NCc1ccc(OC)nc1. The van der Waals surface area contributed by atoms with Crippen molar-refractivity contribution in [3.8, 4) is 11.8 Å². The maximum atomic E-state index is 12.4. The number of amides is 1. The third-order valence-electron chi connectivity index (χ3n) is 3.15. The number of ether oxygens (including phenoxy) is 2. The van der Waals surface area contributed by atoms with E-state index >= 15 is 0 Å². The second kappa shape index (κ2) is 8.12. The molecule has 0 aliphatic heterocycles. The number of hydrogen-bond acceptors (Lipinski definition) is 5. The number of carbonyl (C=O) groups excluding carboxylic acids is 1. The van der Waals surface area contributed by atoms with Gasteiger partial charge in [-0.3, -0.25) is 4.79 Å². The Morgan fingerprint density at radius 2 is 2.09 bits per heavy atom. The molecule has 1 N–H and O–H groups in total. The van der Waals surface area contributed by atoms with Crippen LogP contribution in [-0.4, -0.2) is 29.6 Å². The second-order valence-electron chi connectivity index (χ2n) is 5.05. The molecule has 0 aliphatic carbocycles. The van der Waals surface area contributed by atoms with Crippen molar-refractivity contribution in [1.29, 1.82) is 0 Å². The highest BCUT2D eigenvalue weighted by Crippen LogP contribution is 2.17. The second-order valence-corrected chi connectivity index (χ2v) is 5.05. The number of aromatic nitrogens is 2. The van der Waals surface area contributed by atoms with Crippen molar-refractivity contribution in [2.45, 2.75) is 26.8 Å². The zero-order chi connectivity index (χ0) is 16.7. The average molecular weight is 315 g/mol. The number of nitrogens with one attached hydrogen (secondary N) is 1. The lowest BCUT2D eigenvalue weighted by Gasteiger charge is -2.11. The Balaban J connectivity index is 2.04. The summed E-state index contributed by atoms with van der Waals surface area (Å²) in [6.45, 7) is 4.77. The van der Waals surface area contributed by atoms with Gasteiger partial charge in [0, 0.05) is 24.5 Å². The summed E-state index contributed by atoms with van der Waals surface area (Å²) < 4.78 is 10.6. The largest absolute Gasteiger partial charge is 0.481 e. The number of nitrogens with zero attached hydrogens (tertiary/aromatic N) is 2. The Hall–Kier alpha value is -2.63. The molecule has 2 heterocycles. The van der Waals surface area contributed by atoms with Crippen LogP contribution in [0.3, 0.4) is 0 Å². The molecule has 23 heavy (non-hydrogen) atoms. The lowest BCUT2D eigenvalue weighted by molar-refractivity contribution is 0.0946. The first kappa shape index (κ1) is 16.7. The number of methoxy groups -OCH3 is 1. The van der Waals surface area contributed by atoms with Crippen molar-refractivity contribution in [2.75, 3.05) is 13.7 Å². The highest BCUT2D eigenvalue weighted by atomic mass is 16.5. The lowest BCUT2D eigenvalue weighted by atomic mass is 10.2. The van der Waals surface area contributed by atoms with Crippen LogP contribution in [0.2, 0.25) is 0 Å². The molecule has 6 nitrogen and oxygen atoms in total. The number of aryl methyl sites for hydroxylation is 1. The molecule has 2 aromatic heterocycles. The fourth-order valence-corrected chi connectivity index (χ4v) is 1.93. The third kappa shape index (κ3) is 4.67. The number of pyridine rings is 2. The van der Waals surface area contributed by atoms with Crippen LogP contribution in [0.5, 0.6) is 11.8 Å². The Morgan fingerprint density at radius 1 is 1.26 bits per heavy atom. The van der Waals surface area contributed by atoms with E-state index in [9.17, 15) is 4.79 Å². The van der Waals surface area contributed by atoms with Crippen molar-refractivity contribution >= 4 is 5.91 Å². The van der Waals surface area contributed by atoms with Crippen molar-refractivity contribution in [1.82, 2.24) is 15.3 Å². The molecule has 0 saturated heterocycles. The lowest BCUT2D eigenvalue weighted by Crippen LogP contribution is -2.24. The molecular weight excluding hydrogens is 294 g/mol. The van der Waals surface area contributed by atoms with E-state index in [1.165, 1.54) is 0 Å². The van der Waals surface area contributed by atoms with Gasteiger partial charge in [-0.2, -0.15) is 0 Å². The fraction of sp³-hybridized carbons (Fsp3) is 0.353. The standard InChI is InChI=1S/C17H21N3O3/c1-4-9-23-17-14(7-5-12(2)20-17)16(21)19-11-13-6-8-15(22-3)18-10-13/h5-8,10H,4,9,11H2,1-3H3,(H,19,21). The Labute approximate surface area is 135 Å². The van der Waals surface area contributed by atoms with Crippen molar-refractivity contribution in [2.24, 2.45) is 0 Å². The topological polar surface area (TPSA) is 73.3 Å². The Kier molecular flexibility index (Phi) is 5.91. The van der Waals surface area contributed by atoms with E-state index in [2.05, 4.69) is 15.3 Å². The van der Waals surface area contributed by atoms with Gasteiger partial charge >= 0.3 is 0 Å². The quantitative estimate of drug-likeness (QED) is 0.850. The van der Waals surface area contributed by atoms with Crippen LogP contribution in [0, 0.1) is 6.92 Å². The summed E-state index contributed by atoms with van der Waals surface area (Å²) in [5.41, 5.74) is 2.13. The summed E-state index contributed by atoms with van der Waals surface area (Å²) >= 11 is 0. The molecular formula is C17H21N3O3. The first-order chi connectivity index (χ1) is 11.1. The van der Waals surface area contributed by atoms with Crippen molar-refractivity contribution in [3.63, 3.8) is 0 Å². The summed E-state index contributed by atoms with van der Waals surface area (Å²) in [7, 11) is 1.56. The molecule has 0 aromatic carbocycles. The average Bonchev–Trinajstić information content (AvgIpc) is 2.58. The van der Waals surface area contributed by atoms with Gasteiger partial charge in [0.05, 0.1) is 13.7 Å². The van der Waals surface area contributed by atoms with E-state index in [1.54, 1.807) is 31.5 Å². The first-order valence-corrected chi connectivity index (χ1v) is 7.51. The molecule has 0 atom stereocenters. The third-order valence-corrected chi connectivity index (χ3v) is 3.15. The van der Waals surface area contributed by atoms with Gasteiger partial charge < -0.3 is 14.8 Å². The molecule has 0 spiro atoms. The molecule has 2 rings (SSSR count). The monoisotopic (exact) mass is 315 g/mol. The smallest absolute Gasteiger partial charge is 0.257 e. The van der Waals surface area contributed by atoms with Crippen LogP contribution >= 0.6 is 0 Å². The van der Waals surface area contributed by atoms with E-state index in [0.29, 0.717) is 30.5 Å². The minimum Gasteiger partial charge on any atom is -0.481 e. The molecule has 2 aromatic rings. The van der Waals surface area contributed by atoms with Crippen LogP contribution in [0.1, 0.15) is 35.0 Å². The molecule has 1 amide bonds. The molecule has 0 radical (unpaired) electrons. The fourth-order valence-electron chi connectivity index (χ4n) is 1.93. The van der Waals surface area contributed by atoms with Gasteiger partial charge in [0.25, 0.3) is 5.91 Å². The summed E-state index contributed by atoms with van der Waals surface area (Å²) in [5.74, 6) is 0.690. The van der Waals surface area contributed by atoms with Gasteiger partial charge in [-0.25, -0.2) is 9.97 Å². The van der Waals surface area contributed by atoms with Crippen molar-refractivity contribution < 1.29 is 14.3 Å². The van der Waals surface area contributed by atoms with E-state index in [-0.39, 0.29) is 5.91 Å². The van der Waals surface area contributed by atoms with E-state index in [4.69, 9.17) is 9.47 Å². The van der Waals surface area contributed by atoms with Crippen LogP contribution in [0.4, 0.5) is 0 Å². The molecule has 0 aliphatic rings. The van der Waals surface area contributed by atoms with Crippen LogP contribution in [0.15, 0.2) is 30.5 Å². The highest BCUT2D eigenvalue weighted by Gasteiger charge is 2.14. The summed E-state index contributed by atoms with van der Waals surface area (Å²) in [4.78, 5) is 20.8. The van der Waals surface area contributed by atoms with Gasteiger partial charge in [0.15, 0.2) is 0 Å². The zero-order valence-electron chi connectivity index (χ0n) is 13.6. The van der Waals surface area contributed by atoms with Gasteiger partial charge in [0.1, 0.15) is 5.56 Å². The summed E-state index contributed by atoms with van der Waals surface area (Å²) in [6.07, 6.45) is 2.52. The van der Waals surface area contributed by atoms with Crippen LogP contribution in [0.25, 0.3) is 0 Å². The van der Waals surface area contributed by atoms with Gasteiger partial charge in [-0.15, -0.1) is 0 Å². The predicted octanol–water partition coefficient (Wildman–Crippen LogP) is 2.51. The summed E-state index contributed by atoms with van der Waals surface area (Å²) in [6, 6.07) is 7.14. The Morgan fingerprint density at radius 3 is 2.74 bits per heavy atom. The van der Waals surface area contributed by atoms with E-state index < -0.39 is 0 Å². The maximum absolute atomic E-state index is 12.4. The number of hydrogen-bond donors (Lipinski definition) is 1. The van der Waals surface area contributed by atoms with Gasteiger partial charge in [0.2, 0.25) is 11.8 Å². The van der Waals surface area contributed by atoms with Crippen LogP contribution in [-0.2, 0) is 6.54 Å². The number of carbonyl (C=O) groups is 1. The predicted molar refractivity (Wildman–Crippen MR) is 86.7 cm³/mol. The van der Waals surface area contributed by atoms with E-state index in [0.717, 1.165) is 17.7 Å². The Bertz CT molecular complexity index is 657. The zero-order valence-corrected chi connectivity index (χ0v) is 13.6. The molecule has 0 bridgehead atoms. The minimum atomic E-state index is -0.223. The number of rotatable bonds is 7. The van der Waals surface area contributed by atoms with Crippen LogP contribution < -0.4 is 14.8 Å². The molecule has 0 unspecified atom stereocenters. The van der Waals surface area contributed by atoms with E-state index in [1.807, 2.05) is 19.9 Å². The molecule has 122 valence electrons. The molecule has 6 heteroatoms. The first-order valence-electron chi connectivity index (χ1n) is 7.51. The summed E-state index contributed by atoms with van der Waals surface area (Å²) in [5, 5.41) is 2.85. The normalized spacial score (nSPS) is 10.2. The maximum Gasteiger partial charge on any atom is 0.257 e. The van der Waals surface area contributed by atoms with Gasteiger partial charge in [-0.1, -0.05) is 13.0 Å². The van der Waals surface area contributed by atoms with Crippen molar-refractivity contribution in [3.05, 3.63) is 47.3 Å².